The number of amides is 1. The lowest BCUT2D eigenvalue weighted by atomic mass is 10.0. The predicted molar refractivity (Wildman–Crippen MR) is 75.8 cm³/mol. The Hall–Kier alpha value is -2.62. The van der Waals surface area contributed by atoms with Crippen molar-refractivity contribution < 1.29 is 14.7 Å². The van der Waals surface area contributed by atoms with E-state index < -0.39 is 5.97 Å². The van der Waals surface area contributed by atoms with Crippen LogP contribution in [0.5, 0.6) is 0 Å². The molecule has 0 unspecified atom stereocenters. The molecule has 4 heteroatoms. The molecule has 0 saturated heterocycles. The molecule has 0 aliphatic heterocycles. The quantitative estimate of drug-likeness (QED) is 0.896. The maximum Gasteiger partial charge on any atom is 0.335 e. The second-order valence-corrected chi connectivity index (χ2v) is 4.50. The number of aryl methyl sites for hydroxylation is 1. The average Bonchev–Trinajstić information content (AvgIpc) is 2.46. The molecule has 0 bridgehead atoms. The maximum absolute atomic E-state index is 11.9. The van der Waals surface area contributed by atoms with Crippen molar-refractivity contribution >= 4 is 11.9 Å². The molecule has 0 fully saturated rings. The number of rotatable bonds is 4. The van der Waals surface area contributed by atoms with E-state index in [1.54, 1.807) is 42.5 Å². The standard InChI is InChI=1S/C16H15NO3/c1-11-7-8-13(16(19)20)9-14(11)10-17-15(18)12-5-3-2-4-6-12/h2-9H,10H2,1H3,(H,17,18)(H,19,20). The zero-order valence-electron chi connectivity index (χ0n) is 11.1. The van der Waals surface area contributed by atoms with E-state index >= 15 is 0 Å². The SMILES string of the molecule is Cc1ccc(C(=O)O)cc1CNC(=O)c1ccccc1. The van der Waals surface area contributed by atoms with Gasteiger partial charge in [-0.05, 0) is 42.3 Å². The van der Waals surface area contributed by atoms with Gasteiger partial charge in [0.15, 0.2) is 0 Å². The number of aromatic carboxylic acids is 1. The van der Waals surface area contributed by atoms with E-state index in [1.165, 1.54) is 0 Å². The number of hydrogen-bond acceptors (Lipinski definition) is 2. The van der Waals surface area contributed by atoms with E-state index in [4.69, 9.17) is 5.11 Å². The Morgan fingerprint density at radius 2 is 1.75 bits per heavy atom. The van der Waals surface area contributed by atoms with Crippen molar-refractivity contribution in [2.45, 2.75) is 13.5 Å². The van der Waals surface area contributed by atoms with Crippen molar-refractivity contribution in [1.29, 1.82) is 0 Å². The van der Waals surface area contributed by atoms with Gasteiger partial charge in [-0.25, -0.2) is 4.79 Å². The van der Waals surface area contributed by atoms with Crippen molar-refractivity contribution in [2.24, 2.45) is 0 Å². The first kappa shape index (κ1) is 13.8. The number of carbonyl (C=O) groups excluding carboxylic acids is 1. The molecule has 0 heterocycles. The molecule has 0 saturated carbocycles. The highest BCUT2D eigenvalue weighted by molar-refractivity contribution is 5.94. The van der Waals surface area contributed by atoms with Crippen LogP contribution in [0.25, 0.3) is 0 Å². The summed E-state index contributed by atoms with van der Waals surface area (Å²) in [6.45, 7) is 2.19. The number of benzene rings is 2. The minimum absolute atomic E-state index is 0.175. The Labute approximate surface area is 117 Å². The summed E-state index contributed by atoms with van der Waals surface area (Å²) < 4.78 is 0. The summed E-state index contributed by atoms with van der Waals surface area (Å²) in [5.74, 6) is -1.15. The Morgan fingerprint density at radius 3 is 2.40 bits per heavy atom. The molecule has 0 radical (unpaired) electrons. The second kappa shape index (κ2) is 6.02. The predicted octanol–water partition coefficient (Wildman–Crippen LogP) is 2.62. The highest BCUT2D eigenvalue weighted by Crippen LogP contribution is 2.11. The molecule has 4 nitrogen and oxygen atoms in total. The van der Waals surface area contributed by atoms with Crippen molar-refractivity contribution in [3.8, 4) is 0 Å². The molecule has 0 aliphatic rings. The summed E-state index contributed by atoms with van der Waals surface area (Å²) in [5, 5.41) is 11.8. The molecule has 1 amide bonds. The van der Waals surface area contributed by atoms with Gasteiger partial charge in [0.1, 0.15) is 0 Å². The van der Waals surface area contributed by atoms with Crippen LogP contribution in [0.2, 0.25) is 0 Å². The van der Waals surface area contributed by atoms with Gasteiger partial charge >= 0.3 is 5.97 Å². The highest BCUT2D eigenvalue weighted by Gasteiger charge is 2.08. The van der Waals surface area contributed by atoms with Crippen LogP contribution in [-0.4, -0.2) is 17.0 Å². The largest absolute Gasteiger partial charge is 0.478 e. The monoisotopic (exact) mass is 269 g/mol. The fraction of sp³-hybridized carbons (Fsp3) is 0.125. The average molecular weight is 269 g/mol. The molecule has 0 atom stereocenters. The van der Waals surface area contributed by atoms with Gasteiger partial charge in [0.05, 0.1) is 5.56 Å². The number of carboxylic acids is 1. The maximum atomic E-state index is 11.9. The van der Waals surface area contributed by atoms with E-state index in [2.05, 4.69) is 5.32 Å². The molecule has 0 aliphatic carbocycles. The van der Waals surface area contributed by atoms with Gasteiger partial charge in [0.25, 0.3) is 5.91 Å². The summed E-state index contributed by atoms with van der Waals surface area (Å²) in [6, 6.07) is 13.8. The fourth-order valence-corrected chi connectivity index (χ4v) is 1.86. The Bertz CT molecular complexity index is 635. The number of nitrogens with one attached hydrogen (secondary N) is 1. The fourth-order valence-electron chi connectivity index (χ4n) is 1.86. The third-order valence-corrected chi connectivity index (χ3v) is 3.07. The lowest BCUT2D eigenvalue weighted by Crippen LogP contribution is -2.23. The minimum atomic E-state index is -0.972. The number of carboxylic acid groups (broad SMARTS) is 1. The van der Waals surface area contributed by atoms with Crippen molar-refractivity contribution in [3.05, 3.63) is 70.8 Å². The summed E-state index contributed by atoms with van der Waals surface area (Å²) in [5.41, 5.74) is 2.55. The number of hydrogen-bond donors (Lipinski definition) is 2. The van der Waals surface area contributed by atoms with E-state index in [-0.39, 0.29) is 11.5 Å². The Balaban J connectivity index is 2.09. The first-order valence-corrected chi connectivity index (χ1v) is 6.24. The van der Waals surface area contributed by atoms with Crippen LogP contribution >= 0.6 is 0 Å². The smallest absolute Gasteiger partial charge is 0.335 e. The first-order chi connectivity index (χ1) is 9.58. The van der Waals surface area contributed by atoms with Gasteiger partial charge in [-0.3, -0.25) is 4.79 Å². The highest BCUT2D eigenvalue weighted by atomic mass is 16.4. The van der Waals surface area contributed by atoms with Crippen LogP contribution in [0.1, 0.15) is 31.8 Å². The zero-order chi connectivity index (χ0) is 14.5. The van der Waals surface area contributed by atoms with Crippen LogP contribution in [0.15, 0.2) is 48.5 Å². The molecule has 2 aromatic carbocycles. The molecule has 102 valence electrons. The topological polar surface area (TPSA) is 66.4 Å². The second-order valence-electron chi connectivity index (χ2n) is 4.50. The third-order valence-electron chi connectivity index (χ3n) is 3.07. The molecule has 0 aromatic heterocycles. The van der Waals surface area contributed by atoms with Crippen LogP contribution in [0, 0.1) is 6.92 Å². The number of carbonyl (C=O) groups is 2. The van der Waals surface area contributed by atoms with E-state index in [1.807, 2.05) is 13.0 Å². The van der Waals surface area contributed by atoms with Gasteiger partial charge in [0, 0.05) is 12.1 Å². The first-order valence-electron chi connectivity index (χ1n) is 6.24. The molecule has 0 spiro atoms. The van der Waals surface area contributed by atoms with Gasteiger partial charge in [-0.15, -0.1) is 0 Å². The Kier molecular flexibility index (Phi) is 4.15. The molecule has 2 aromatic rings. The Morgan fingerprint density at radius 1 is 1.05 bits per heavy atom. The molecule has 2 rings (SSSR count). The lowest BCUT2D eigenvalue weighted by Gasteiger charge is -2.09. The van der Waals surface area contributed by atoms with Crippen molar-refractivity contribution in [2.75, 3.05) is 0 Å². The minimum Gasteiger partial charge on any atom is -0.478 e. The van der Waals surface area contributed by atoms with Gasteiger partial charge in [-0.2, -0.15) is 0 Å². The zero-order valence-corrected chi connectivity index (χ0v) is 11.1. The van der Waals surface area contributed by atoms with Gasteiger partial charge in [0.2, 0.25) is 0 Å². The van der Waals surface area contributed by atoms with E-state index in [9.17, 15) is 9.59 Å². The van der Waals surface area contributed by atoms with Crippen LogP contribution in [-0.2, 0) is 6.54 Å². The van der Waals surface area contributed by atoms with Crippen LogP contribution in [0.3, 0.4) is 0 Å². The van der Waals surface area contributed by atoms with Crippen LogP contribution in [0.4, 0.5) is 0 Å². The van der Waals surface area contributed by atoms with Gasteiger partial charge < -0.3 is 10.4 Å². The van der Waals surface area contributed by atoms with Gasteiger partial charge in [-0.1, -0.05) is 24.3 Å². The van der Waals surface area contributed by atoms with Crippen molar-refractivity contribution in [1.82, 2.24) is 5.32 Å². The molecular formula is C16H15NO3. The lowest BCUT2D eigenvalue weighted by molar-refractivity contribution is 0.0696. The van der Waals surface area contributed by atoms with Crippen LogP contribution < -0.4 is 5.32 Å². The molecule has 20 heavy (non-hydrogen) atoms. The molecular weight excluding hydrogens is 254 g/mol. The van der Waals surface area contributed by atoms with E-state index in [0.29, 0.717) is 12.1 Å². The summed E-state index contributed by atoms with van der Waals surface area (Å²) in [7, 11) is 0. The van der Waals surface area contributed by atoms with Crippen molar-refractivity contribution in [3.63, 3.8) is 0 Å². The normalized spacial score (nSPS) is 10.1. The summed E-state index contributed by atoms with van der Waals surface area (Å²) in [4.78, 5) is 22.9. The summed E-state index contributed by atoms with van der Waals surface area (Å²) in [6.07, 6.45) is 0. The molecule has 2 N–H and O–H groups in total. The third kappa shape index (κ3) is 3.23. The van der Waals surface area contributed by atoms with E-state index in [0.717, 1.165) is 11.1 Å². The summed E-state index contributed by atoms with van der Waals surface area (Å²) >= 11 is 0.